The fourth-order valence-corrected chi connectivity index (χ4v) is 3.94. The molecule has 10 nitrogen and oxygen atoms in total. The number of nitrogens with one attached hydrogen (secondary N) is 2. The van der Waals surface area contributed by atoms with Gasteiger partial charge in [0, 0.05) is 50.3 Å². The van der Waals surface area contributed by atoms with E-state index in [-0.39, 0.29) is 0 Å². The summed E-state index contributed by atoms with van der Waals surface area (Å²) in [7, 11) is 2.14. The van der Waals surface area contributed by atoms with Crippen molar-refractivity contribution in [2.45, 2.75) is 0 Å². The molecule has 0 aliphatic carbocycles. The van der Waals surface area contributed by atoms with Crippen molar-refractivity contribution in [2.24, 2.45) is 0 Å². The van der Waals surface area contributed by atoms with Gasteiger partial charge in [0.25, 0.3) is 0 Å². The SMILES string of the molecule is CN1CCN(c2nccc3[nH]c(-c4n[nH]c5ccc(-c6cncnc6)nc45)nc23)CC1. The number of aromatic amines is 2. The zero-order valence-corrected chi connectivity index (χ0v) is 16.9. The van der Waals surface area contributed by atoms with Crippen molar-refractivity contribution in [3.8, 4) is 22.8 Å². The highest BCUT2D eigenvalue weighted by molar-refractivity contribution is 5.93. The molecular weight excluding hydrogens is 392 g/mol. The van der Waals surface area contributed by atoms with Crippen LogP contribution in [0.2, 0.25) is 0 Å². The van der Waals surface area contributed by atoms with Crippen molar-refractivity contribution in [3.05, 3.63) is 43.1 Å². The maximum absolute atomic E-state index is 4.88. The van der Waals surface area contributed by atoms with Crippen molar-refractivity contribution in [3.63, 3.8) is 0 Å². The van der Waals surface area contributed by atoms with Crippen LogP contribution in [-0.2, 0) is 0 Å². The number of hydrogen-bond acceptors (Lipinski definition) is 8. The smallest absolute Gasteiger partial charge is 0.161 e. The lowest BCUT2D eigenvalue weighted by molar-refractivity contribution is 0.312. The number of H-pyrrole nitrogens is 2. The molecule has 1 fully saturated rings. The molecule has 0 spiro atoms. The van der Waals surface area contributed by atoms with Gasteiger partial charge in [-0.25, -0.2) is 24.9 Å². The molecule has 154 valence electrons. The normalized spacial score (nSPS) is 15.2. The minimum atomic E-state index is 0.665. The number of imidazole rings is 1. The molecule has 10 heteroatoms. The number of anilines is 1. The van der Waals surface area contributed by atoms with Gasteiger partial charge < -0.3 is 14.8 Å². The Bertz CT molecular complexity index is 1370. The molecular formula is C21H20N10. The second kappa shape index (κ2) is 7.10. The van der Waals surface area contributed by atoms with Gasteiger partial charge in [0.15, 0.2) is 17.3 Å². The van der Waals surface area contributed by atoms with E-state index in [4.69, 9.17) is 9.97 Å². The van der Waals surface area contributed by atoms with E-state index in [2.05, 4.69) is 47.0 Å². The summed E-state index contributed by atoms with van der Waals surface area (Å²) in [4.78, 5) is 30.5. The Labute approximate surface area is 177 Å². The molecule has 2 N–H and O–H groups in total. The molecule has 0 radical (unpaired) electrons. The summed E-state index contributed by atoms with van der Waals surface area (Å²) in [5.41, 5.74) is 5.68. The highest BCUT2D eigenvalue weighted by Crippen LogP contribution is 2.30. The largest absolute Gasteiger partial charge is 0.352 e. The lowest BCUT2D eigenvalue weighted by Gasteiger charge is -2.33. The quantitative estimate of drug-likeness (QED) is 0.463. The van der Waals surface area contributed by atoms with E-state index in [0.717, 1.165) is 65.3 Å². The van der Waals surface area contributed by atoms with Crippen LogP contribution in [0.4, 0.5) is 5.82 Å². The molecule has 0 unspecified atom stereocenters. The molecule has 6 heterocycles. The first-order valence-corrected chi connectivity index (χ1v) is 10.2. The van der Waals surface area contributed by atoms with Crippen LogP contribution in [0.3, 0.4) is 0 Å². The maximum Gasteiger partial charge on any atom is 0.161 e. The molecule has 0 atom stereocenters. The minimum absolute atomic E-state index is 0.665. The van der Waals surface area contributed by atoms with E-state index in [1.807, 2.05) is 24.4 Å². The molecule has 6 rings (SSSR count). The Hall–Kier alpha value is -3.92. The molecule has 1 saturated heterocycles. The van der Waals surface area contributed by atoms with E-state index < -0.39 is 0 Å². The number of piperazine rings is 1. The third kappa shape index (κ3) is 3.08. The average molecular weight is 412 g/mol. The van der Waals surface area contributed by atoms with E-state index in [9.17, 15) is 0 Å². The summed E-state index contributed by atoms with van der Waals surface area (Å²) in [5, 5.41) is 7.55. The molecule has 1 aliphatic rings. The molecule has 0 amide bonds. The standard InChI is InChI=1S/C21H20N10/c1-30-6-8-31(9-7-30)21-18-15(4-5-24-21)26-20(27-18)19-17-16(28-29-19)3-2-14(25-17)13-10-22-12-23-11-13/h2-5,10-12H,6-9H2,1H3,(H,26,27)(H,28,29). The monoisotopic (exact) mass is 412 g/mol. The van der Waals surface area contributed by atoms with Gasteiger partial charge in [0.05, 0.1) is 16.7 Å². The zero-order chi connectivity index (χ0) is 20.8. The zero-order valence-electron chi connectivity index (χ0n) is 16.9. The van der Waals surface area contributed by atoms with Crippen LogP contribution < -0.4 is 4.90 Å². The van der Waals surface area contributed by atoms with Crippen molar-refractivity contribution in [1.82, 2.24) is 45.0 Å². The topological polar surface area (TPSA) is 115 Å². The van der Waals surface area contributed by atoms with Gasteiger partial charge in [-0.05, 0) is 25.2 Å². The van der Waals surface area contributed by atoms with Crippen LogP contribution in [-0.4, -0.2) is 78.2 Å². The lowest BCUT2D eigenvalue weighted by Crippen LogP contribution is -2.44. The van der Waals surface area contributed by atoms with Gasteiger partial charge in [-0.3, -0.25) is 5.10 Å². The van der Waals surface area contributed by atoms with Gasteiger partial charge in [-0.2, -0.15) is 5.10 Å². The summed E-state index contributed by atoms with van der Waals surface area (Å²) < 4.78 is 0. The van der Waals surface area contributed by atoms with E-state index in [0.29, 0.717) is 11.5 Å². The first kappa shape index (κ1) is 17.9. The minimum Gasteiger partial charge on any atom is -0.352 e. The van der Waals surface area contributed by atoms with E-state index in [1.54, 1.807) is 12.4 Å². The fourth-order valence-electron chi connectivity index (χ4n) is 3.94. The van der Waals surface area contributed by atoms with Gasteiger partial charge in [-0.1, -0.05) is 0 Å². The molecule has 0 bridgehead atoms. The number of nitrogens with zero attached hydrogens (tertiary/aromatic N) is 8. The molecule has 5 aromatic rings. The first-order valence-electron chi connectivity index (χ1n) is 10.2. The average Bonchev–Trinajstić information content (AvgIpc) is 3.43. The van der Waals surface area contributed by atoms with Gasteiger partial charge in [0.1, 0.15) is 17.4 Å². The predicted molar refractivity (Wildman–Crippen MR) is 118 cm³/mol. The Morgan fingerprint density at radius 3 is 2.58 bits per heavy atom. The van der Waals surface area contributed by atoms with Crippen molar-refractivity contribution in [1.29, 1.82) is 0 Å². The Kier molecular flexibility index (Phi) is 4.10. The maximum atomic E-state index is 4.88. The molecule has 0 aromatic carbocycles. The second-order valence-electron chi connectivity index (χ2n) is 7.70. The number of aromatic nitrogens is 8. The summed E-state index contributed by atoms with van der Waals surface area (Å²) in [6.07, 6.45) is 6.82. The van der Waals surface area contributed by atoms with Crippen LogP contribution in [0.5, 0.6) is 0 Å². The summed E-state index contributed by atoms with van der Waals surface area (Å²) >= 11 is 0. The summed E-state index contributed by atoms with van der Waals surface area (Å²) in [6, 6.07) is 5.83. The van der Waals surface area contributed by atoms with Crippen molar-refractivity contribution < 1.29 is 0 Å². The number of rotatable bonds is 3. The number of fused-ring (bicyclic) bond motifs is 2. The van der Waals surface area contributed by atoms with Crippen molar-refractivity contribution in [2.75, 3.05) is 38.1 Å². The Balaban J connectivity index is 1.44. The number of pyridine rings is 2. The molecule has 0 saturated carbocycles. The number of likely N-dealkylation sites (N-methyl/N-ethyl adjacent to an activating group) is 1. The fraction of sp³-hybridized carbons (Fsp3) is 0.238. The van der Waals surface area contributed by atoms with Gasteiger partial charge in [-0.15, -0.1) is 0 Å². The molecule has 31 heavy (non-hydrogen) atoms. The van der Waals surface area contributed by atoms with Crippen LogP contribution in [0, 0.1) is 0 Å². The van der Waals surface area contributed by atoms with E-state index >= 15 is 0 Å². The third-order valence-electron chi connectivity index (χ3n) is 5.67. The number of hydrogen-bond donors (Lipinski definition) is 2. The highest BCUT2D eigenvalue weighted by atomic mass is 15.3. The lowest BCUT2D eigenvalue weighted by atomic mass is 10.2. The van der Waals surface area contributed by atoms with Gasteiger partial charge >= 0.3 is 0 Å². The third-order valence-corrected chi connectivity index (χ3v) is 5.67. The Morgan fingerprint density at radius 2 is 1.74 bits per heavy atom. The second-order valence-corrected chi connectivity index (χ2v) is 7.70. The first-order chi connectivity index (χ1) is 15.3. The van der Waals surface area contributed by atoms with E-state index in [1.165, 1.54) is 6.33 Å². The molecule has 5 aromatic heterocycles. The van der Waals surface area contributed by atoms with Crippen LogP contribution >= 0.6 is 0 Å². The summed E-state index contributed by atoms with van der Waals surface area (Å²) in [6.45, 7) is 3.88. The van der Waals surface area contributed by atoms with Crippen molar-refractivity contribution >= 4 is 27.9 Å². The summed E-state index contributed by atoms with van der Waals surface area (Å²) in [5.74, 6) is 1.57. The van der Waals surface area contributed by atoms with Crippen LogP contribution in [0.25, 0.3) is 44.8 Å². The highest BCUT2D eigenvalue weighted by Gasteiger charge is 2.21. The molecule has 1 aliphatic heterocycles. The van der Waals surface area contributed by atoms with Crippen LogP contribution in [0.1, 0.15) is 0 Å². The Morgan fingerprint density at radius 1 is 0.903 bits per heavy atom. The predicted octanol–water partition coefficient (Wildman–Crippen LogP) is 2.10. The van der Waals surface area contributed by atoms with Gasteiger partial charge in [0.2, 0.25) is 0 Å². The van der Waals surface area contributed by atoms with Crippen LogP contribution in [0.15, 0.2) is 43.1 Å².